The monoisotopic (exact) mass is 354 g/mol. The Morgan fingerprint density at radius 2 is 2.04 bits per heavy atom. The molecule has 0 saturated carbocycles. The summed E-state index contributed by atoms with van der Waals surface area (Å²) in [5.41, 5.74) is 1.88. The van der Waals surface area contributed by atoms with Crippen LogP contribution in [0.1, 0.15) is 22.8 Å². The molecule has 1 N–H and O–H groups in total. The van der Waals surface area contributed by atoms with E-state index >= 15 is 0 Å². The molecule has 0 unspecified atom stereocenters. The van der Waals surface area contributed by atoms with Gasteiger partial charge in [0.15, 0.2) is 11.6 Å². The second-order valence-electron chi connectivity index (χ2n) is 5.47. The van der Waals surface area contributed by atoms with Crippen molar-refractivity contribution in [2.45, 2.75) is 13.8 Å². The number of rotatable bonds is 4. The molecule has 0 aliphatic rings. The first-order valence-corrected chi connectivity index (χ1v) is 8.02. The number of fused-ring (bicyclic) bond motifs is 1. The van der Waals surface area contributed by atoms with Crippen LogP contribution in [0.2, 0.25) is 0 Å². The van der Waals surface area contributed by atoms with Gasteiger partial charge in [0.05, 0.1) is 25.4 Å². The first-order valence-electron chi connectivity index (χ1n) is 8.02. The Bertz CT molecular complexity index is 980. The quantitative estimate of drug-likeness (QED) is 0.724. The van der Waals surface area contributed by atoms with E-state index in [9.17, 15) is 9.59 Å². The van der Waals surface area contributed by atoms with Crippen LogP contribution >= 0.6 is 0 Å². The number of pyridine rings is 1. The van der Waals surface area contributed by atoms with E-state index in [1.165, 1.54) is 18.0 Å². The number of carbonyl (C=O) groups excluding carboxylic acids is 2. The molecule has 0 spiro atoms. The lowest BCUT2D eigenvalue weighted by atomic mass is 10.1. The van der Waals surface area contributed by atoms with Crippen LogP contribution in [-0.2, 0) is 9.47 Å². The van der Waals surface area contributed by atoms with Crippen LogP contribution in [0.3, 0.4) is 0 Å². The minimum absolute atomic E-state index is 0.116. The zero-order valence-corrected chi connectivity index (χ0v) is 14.6. The Kier molecular flexibility index (Phi) is 4.83. The number of benzene rings is 1. The fraction of sp³-hybridized carbons (Fsp3) is 0.222. The summed E-state index contributed by atoms with van der Waals surface area (Å²) in [5, 5.41) is 7.73. The number of anilines is 1. The molecule has 0 aliphatic carbocycles. The van der Waals surface area contributed by atoms with Crippen molar-refractivity contribution >= 4 is 28.8 Å². The van der Waals surface area contributed by atoms with Gasteiger partial charge in [-0.3, -0.25) is 5.32 Å². The van der Waals surface area contributed by atoms with E-state index in [2.05, 4.69) is 20.1 Å². The van der Waals surface area contributed by atoms with Crippen molar-refractivity contribution in [3.63, 3.8) is 0 Å². The van der Waals surface area contributed by atoms with Crippen molar-refractivity contribution in [2.75, 3.05) is 19.0 Å². The molecule has 1 aromatic carbocycles. The fourth-order valence-electron chi connectivity index (χ4n) is 2.59. The summed E-state index contributed by atoms with van der Waals surface area (Å²) in [6, 6.07) is 9.51. The molecule has 2 aromatic heterocycles. The molecule has 0 aliphatic heterocycles. The van der Waals surface area contributed by atoms with Crippen LogP contribution in [0.4, 0.5) is 10.6 Å². The fourth-order valence-corrected chi connectivity index (χ4v) is 2.59. The number of hydrogen-bond acceptors (Lipinski definition) is 6. The summed E-state index contributed by atoms with van der Waals surface area (Å²) < 4.78 is 11.0. The lowest BCUT2D eigenvalue weighted by Gasteiger charge is -2.11. The zero-order chi connectivity index (χ0) is 18.7. The zero-order valence-electron chi connectivity index (χ0n) is 14.6. The van der Waals surface area contributed by atoms with Gasteiger partial charge in [-0.2, -0.15) is 9.78 Å². The van der Waals surface area contributed by atoms with E-state index in [-0.39, 0.29) is 18.0 Å². The summed E-state index contributed by atoms with van der Waals surface area (Å²) >= 11 is 0. The highest BCUT2D eigenvalue weighted by molar-refractivity contribution is 5.99. The largest absolute Gasteiger partial charge is 0.462 e. The lowest BCUT2D eigenvalue weighted by Crippen LogP contribution is -2.18. The highest BCUT2D eigenvalue weighted by Gasteiger charge is 2.22. The smallest absolute Gasteiger partial charge is 0.412 e. The Hall–Kier alpha value is -3.42. The molecule has 0 atom stereocenters. The van der Waals surface area contributed by atoms with Crippen molar-refractivity contribution < 1.29 is 19.1 Å². The molecule has 2 heterocycles. The normalized spacial score (nSPS) is 10.6. The predicted octanol–water partition coefficient (Wildman–Crippen LogP) is 3.08. The van der Waals surface area contributed by atoms with Crippen molar-refractivity contribution in [3.8, 4) is 5.82 Å². The third-order valence-electron chi connectivity index (χ3n) is 3.80. The molecule has 1 amide bonds. The number of nitrogens with one attached hydrogen (secondary N) is 1. The van der Waals surface area contributed by atoms with E-state index in [1.54, 1.807) is 6.92 Å². The number of para-hydroxylation sites is 1. The Labute approximate surface area is 149 Å². The van der Waals surface area contributed by atoms with Crippen LogP contribution < -0.4 is 5.32 Å². The molecule has 134 valence electrons. The first-order chi connectivity index (χ1) is 12.5. The van der Waals surface area contributed by atoms with Gasteiger partial charge in [0.2, 0.25) is 0 Å². The maximum Gasteiger partial charge on any atom is 0.412 e. The number of aryl methyl sites for hydroxylation is 1. The number of hydrogen-bond donors (Lipinski definition) is 1. The molecule has 0 radical (unpaired) electrons. The number of ether oxygens (including phenoxy) is 2. The van der Waals surface area contributed by atoms with E-state index in [4.69, 9.17) is 4.74 Å². The number of carbonyl (C=O) groups is 2. The molecule has 3 aromatic rings. The number of esters is 1. The highest BCUT2D eigenvalue weighted by Crippen LogP contribution is 2.24. The van der Waals surface area contributed by atoms with Crippen molar-refractivity contribution in [1.29, 1.82) is 0 Å². The lowest BCUT2D eigenvalue weighted by molar-refractivity contribution is 0.0527. The standard InChI is InChI=1S/C18H18N4O4/c1-4-26-17(23)13-10-19-22(16(13)21-18(24)25-3)15-9-11(2)12-7-5-6-8-14(12)20-15/h5-10H,4H2,1-3H3,(H,21,24). The molecule has 0 fully saturated rings. The van der Waals surface area contributed by atoms with Gasteiger partial charge in [0.25, 0.3) is 0 Å². The van der Waals surface area contributed by atoms with E-state index in [0.717, 1.165) is 16.5 Å². The molecule has 26 heavy (non-hydrogen) atoms. The van der Waals surface area contributed by atoms with Gasteiger partial charge in [0.1, 0.15) is 5.56 Å². The molecule has 8 heteroatoms. The van der Waals surface area contributed by atoms with E-state index in [0.29, 0.717) is 5.82 Å². The van der Waals surface area contributed by atoms with Gasteiger partial charge in [0, 0.05) is 5.39 Å². The van der Waals surface area contributed by atoms with Crippen molar-refractivity contribution in [1.82, 2.24) is 14.8 Å². The van der Waals surface area contributed by atoms with Crippen molar-refractivity contribution in [3.05, 3.63) is 47.7 Å². The second-order valence-corrected chi connectivity index (χ2v) is 5.47. The van der Waals surface area contributed by atoms with Gasteiger partial charge in [-0.15, -0.1) is 0 Å². The molecule has 8 nitrogen and oxygen atoms in total. The molecule has 3 rings (SSSR count). The van der Waals surface area contributed by atoms with E-state index < -0.39 is 12.1 Å². The minimum Gasteiger partial charge on any atom is -0.462 e. The highest BCUT2D eigenvalue weighted by atomic mass is 16.5. The predicted molar refractivity (Wildman–Crippen MR) is 95.6 cm³/mol. The third-order valence-corrected chi connectivity index (χ3v) is 3.80. The van der Waals surface area contributed by atoms with Crippen LogP contribution in [0.5, 0.6) is 0 Å². The minimum atomic E-state index is -0.727. The van der Waals surface area contributed by atoms with Crippen molar-refractivity contribution in [2.24, 2.45) is 0 Å². The summed E-state index contributed by atoms with van der Waals surface area (Å²) in [6.07, 6.45) is 0.602. The van der Waals surface area contributed by atoms with Crippen LogP contribution in [0, 0.1) is 6.92 Å². The molecular formula is C18H18N4O4. The topological polar surface area (TPSA) is 95.3 Å². The van der Waals surface area contributed by atoms with E-state index in [1.807, 2.05) is 37.3 Å². The first kappa shape index (κ1) is 17.4. The molecule has 0 bridgehead atoms. The number of nitrogens with zero attached hydrogens (tertiary/aromatic N) is 3. The van der Waals surface area contributed by atoms with Gasteiger partial charge in [-0.1, -0.05) is 18.2 Å². The van der Waals surface area contributed by atoms with Gasteiger partial charge in [-0.25, -0.2) is 14.6 Å². The number of methoxy groups -OCH3 is 1. The Balaban J connectivity index is 2.15. The van der Waals surface area contributed by atoms with Crippen LogP contribution in [0.15, 0.2) is 36.5 Å². The third kappa shape index (κ3) is 3.21. The average molecular weight is 354 g/mol. The second kappa shape index (κ2) is 7.22. The Morgan fingerprint density at radius 1 is 1.27 bits per heavy atom. The Morgan fingerprint density at radius 3 is 2.77 bits per heavy atom. The van der Waals surface area contributed by atoms with Gasteiger partial charge >= 0.3 is 12.1 Å². The summed E-state index contributed by atoms with van der Waals surface area (Å²) in [4.78, 5) is 28.5. The maximum absolute atomic E-state index is 12.2. The SMILES string of the molecule is CCOC(=O)c1cnn(-c2cc(C)c3ccccc3n2)c1NC(=O)OC. The van der Waals surface area contributed by atoms with Gasteiger partial charge in [-0.05, 0) is 31.5 Å². The molecule has 0 saturated heterocycles. The van der Waals surface area contributed by atoms with Crippen LogP contribution in [0.25, 0.3) is 16.7 Å². The molecular weight excluding hydrogens is 336 g/mol. The van der Waals surface area contributed by atoms with Gasteiger partial charge < -0.3 is 9.47 Å². The average Bonchev–Trinajstić information content (AvgIpc) is 3.05. The van der Waals surface area contributed by atoms with Crippen LogP contribution in [-0.4, -0.2) is 40.5 Å². The summed E-state index contributed by atoms with van der Waals surface area (Å²) in [6.45, 7) is 3.86. The summed E-state index contributed by atoms with van der Waals surface area (Å²) in [7, 11) is 1.23. The summed E-state index contributed by atoms with van der Waals surface area (Å²) in [5.74, 6) is 0.00305. The number of aromatic nitrogens is 3. The number of amides is 1. The maximum atomic E-state index is 12.2.